The van der Waals surface area contributed by atoms with E-state index in [4.69, 9.17) is 4.52 Å². The minimum Gasteiger partial charge on any atom is -0.355 e. The van der Waals surface area contributed by atoms with Crippen molar-refractivity contribution >= 4 is 5.91 Å². The van der Waals surface area contributed by atoms with Gasteiger partial charge in [0, 0.05) is 18.2 Å². The molecule has 0 aliphatic carbocycles. The fourth-order valence-corrected chi connectivity index (χ4v) is 4.00. The van der Waals surface area contributed by atoms with E-state index in [1.807, 2.05) is 31.2 Å². The van der Waals surface area contributed by atoms with Gasteiger partial charge in [0.05, 0.1) is 6.04 Å². The molecular weight excluding hydrogens is 374 g/mol. The fourth-order valence-electron chi connectivity index (χ4n) is 4.00. The topological polar surface area (TPSA) is 58.4 Å². The zero-order chi connectivity index (χ0) is 20.9. The highest BCUT2D eigenvalue weighted by Gasteiger charge is 2.24. The minimum atomic E-state index is -0.202. The van der Waals surface area contributed by atoms with Gasteiger partial charge in [-0.05, 0) is 50.4 Å². The van der Waals surface area contributed by atoms with E-state index in [1.54, 1.807) is 6.07 Å². The van der Waals surface area contributed by atoms with E-state index in [9.17, 15) is 4.79 Å². The van der Waals surface area contributed by atoms with Crippen molar-refractivity contribution in [1.82, 2.24) is 15.4 Å². The Labute approximate surface area is 178 Å². The molecule has 3 aromatic rings. The Bertz CT molecular complexity index is 970. The third-order valence-electron chi connectivity index (χ3n) is 5.89. The van der Waals surface area contributed by atoms with Gasteiger partial charge in [0.25, 0.3) is 5.91 Å². The van der Waals surface area contributed by atoms with Crippen molar-refractivity contribution < 1.29 is 9.32 Å². The van der Waals surface area contributed by atoms with E-state index in [2.05, 4.69) is 46.6 Å². The second-order valence-corrected chi connectivity index (χ2v) is 8.01. The maximum Gasteiger partial charge on any atom is 0.273 e. The molecule has 156 valence electrons. The van der Waals surface area contributed by atoms with E-state index >= 15 is 0 Å². The number of likely N-dealkylation sites (tertiary alicyclic amines) is 1. The molecule has 5 nitrogen and oxygen atoms in total. The van der Waals surface area contributed by atoms with Gasteiger partial charge in [0.1, 0.15) is 0 Å². The summed E-state index contributed by atoms with van der Waals surface area (Å²) in [5.74, 6) is 0.401. The number of rotatable bonds is 7. The number of hydrogen-bond donors (Lipinski definition) is 1. The predicted molar refractivity (Wildman–Crippen MR) is 118 cm³/mol. The van der Waals surface area contributed by atoms with Gasteiger partial charge in [-0.2, -0.15) is 0 Å². The third-order valence-corrected chi connectivity index (χ3v) is 5.89. The predicted octanol–water partition coefficient (Wildman–Crippen LogP) is 4.78. The second kappa shape index (κ2) is 9.26. The Hall–Kier alpha value is -2.92. The van der Waals surface area contributed by atoms with Gasteiger partial charge in [-0.15, -0.1) is 0 Å². The van der Waals surface area contributed by atoms with Crippen LogP contribution in [-0.2, 0) is 6.42 Å². The van der Waals surface area contributed by atoms with Crippen molar-refractivity contribution in [3.05, 3.63) is 77.0 Å². The summed E-state index contributed by atoms with van der Waals surface area (Å²) in [7, 11) is 0. The molecule has 0 unspecified atom stereocenters. The Morgan fingerprint density at radius 2 is 1.80 bits per heavy atom. The monoisotopic (exact) mass is 403 g/mol. The Kier molecular flexibility index (Phi) is 6.29. The van der Waals surface area contributed by atoms with Crippen LogP contribution in [0.3, 0.4) is 0 Å². The summed E-state index contributed by atoms with van der Waals surface area (Å²) in [5, 5.41) is 7.06. The molecule has 0 bridgehead atoms. The van der Waals surface area contributed by atoms with Crippen LogP contribution in [0.1, 0.15) is 53.0 Å². The number of hydrogen-bond acceptors (Lipinski definition) is 4. The Morgan fingerprint density at radius 3 is 2.47 bits per heavy atom. The standard InChI is InChI=1S/C25H29N3O2/c1-3-19-8-12-20(13-9-19)23(28-14-4-5-15-28)17-26-25(29)22-16-24(30-27-22)21-10-6-18(2)7-11-21/h6-13,16,23H,3-5,14-15,17H2,1-2H3,(H,26,29)/t23-/m1/s1. The van der Waals surface area contributed by atoms with E-state index in [-0.39, 0.29) is 11.9 Å². The van der Waals surface area contributed by atoms with Crippen molar-refractivity contribution in [2.45, 2.75) is 39.2 Å². The molecule has 30 heavy (non-hydrogen) atoms. The molecule has 5 heteroatoms. The van der Waals surface area contributed by atoms with Gasteiger partial charge in [-0.25, -0.2) is 0 Å². The molecule has 4 rings (SSSR count). The largest absolute Gasteiger partial charge is 0.355 e. The van der Waals surface area contributed by atoms with Crippen LogP contribution in [-0.4, -0.2) is 35.6 Å². The molecule has 1 N–H and O–H groups in total. The van der Waals surface area contributed by atoms with Crippen molar-refractivity contribution in [2.24, 2.45) is 0 Å². The molecule has 1 aliphatic rings. The maximum absolute atomic E-state index is 12.7. The first-order valence-electron chi connectivity index (χ1n) is 10.8. The van der Waals surface area contributed by atoms with Gasteiger partial charge in [-0.1, -0.05) is 66.2 Å². The number of nitrogens with one attached hydrogen (secondary N) is 1. The third kappa shape index (κ3) is 4.62. The van der Waals surface area contributed by atoms with E-state index in [0.717, 1.165) is 25.1 Å². The number of amides is 1. The summed E-state index contributed by atoms with van der Waals surface area (Å²) in [4.78, 5) is 15.2. The molecule has 2 aromatic carbocycles. The second-order valence-electron chi connectivity index (χ2n) is 8.01. The van der Waals surface area contributed by atoms with Gasteiger partial charge in [0.2, 0.25) is 0 Å². The van der Waals surface area contributed by atoms with Crippen LogP contribution in [0.2, 0.25) is 0 Å². The lowest BCUT2D eigenvalue weighted by Gasteiger charge is -2.28. The molecule has 1 aromatic heterocycles. The number of aryl methyl sites for hydroxylation is 2. The lowest BCUT2D eigenvalue weighted by Crippen LogP contribution is -2.36. The Morgan fingerprint density at radius 1 is 1.10 bits per heavy atom. The molecule has 0 radical (unpaired) electrons. The SMILES string of the molecule is CCc1ccc([C@@H](CNC(=O)c2cc(-c3ccc(C)cc3)on2)N2CCCC2)cc1. The lowest BCUT2D eigenvalue weighted by atomic mass is 10.0. The molecule has 0 spiro atoms. The summed E-state index contributed by atoms with van der Waals surface area (Å²) >= 11 is 0. The zero-order valence-corrected chi connectivity index (χ0v) is 17.7. The minimum absolute atomic E-state index is 0.172. The summed E-state index contributed by atoms with van der Waals surface area (Å²) in [6.45, 7) is 6.89. The summed E-state index contributed by atoms with van der Waals surface area (Å²) in [5.41, 5.74) is 4.98. The first-order chi connectivity index (χ1) is 14.6. The number of nitrogens with zero attached hydrogens (tertiary/aromatic N) is 2. The molecule has 1 fully saturated rings. The van der Waals surface area contributed by atoms with Gasteiger partial charge in [0.15, 0.2) is 11.5 Å². The van der Waals surface area contributed by atoms with Gasteiger partial charge < -0.3 is 9.84 Å². The van der Waals surface area contributed by atoms with Crippen LogP contribution in [0, 0.1) is 6.92 Å². The average Bonchev–Trinajstić information content (AvgIpc) is 3.47. The number of aromatic nitrogens is 1. The van der Waals surface area contributed by atoms with Crippen LogP contribution in [0.4, 0.5) is 0 Å². The summed E-state index contributed by atoms with van der Waals surface area (Å²) in [6, 6.07) is 18.6. The molecule has 1 amide bonds. The van der Waals surface area contributed by atoms with Crippen LogP contribution >= 0.6 is 0 Å². The molecule has 2 heterocycles. The van der Waals surface area contributed by atoms with Crippen LogP contribution < -0.4 is 5.32 Å². The van der Waals surface area contributed by atoms with Crippen LogP contribution in [0.25, 0.3) is 11.3 Å². The Balaban J connectivity index is 1.45. The fraction of sp³-hybridized carbons (Fsp3) is 0.360. The first-order valence-corrected chi connectivity index (χ1v) is 10.8. The van der Waals surface area contributed by atoms with Gasteiger partial charge in [-0.3, -0.25) is 9.69 Å². The molecule has 1 aliphatic heterocycles. The van der Waals surface area contributed by atoms with E-state index in [0.29, 0.717) is 18.0 Å². The normalized spacial score (nSPS) is 15.3. The molecule has 1 saturated heterocycles. The van der Waals surface area contributed by atoms with Crippen LogP contribution in [0.15, 0.2) is 59.1 Å². The van der Waals surface area contributed by atoms with Crippen molar-refractivity contribution in [2.75, 3.05) is 19.6 Å². The van der Waals surface area contributed by atoms with Crippen LogP contribution in [0.5, 0.6) is 0 Å². The van der Waals surface area contributed by atoms with E-state index in [1.165, 1.54) is 29.5 Å². The highest BCUT2D eigenvalue weighted by molar-refractivity contribution is 5.93. The maximum atomic E-state index is 12.7. The molecule has 1 atom stereocenters. The number of carbonyl (C=O) groups is 1. The summed E-state index contributed by atoms with van der Waals surface area (Å²) in [6.07, 6.45) is 3.45. The highest BCUT2D eigenvalue weighted by Crippen LogP contribution is 2.25. The molecule has 0 saturated carbocycles. The zero-order valence-electron chi connectivity index (χ0n) is 17.7. The van der Waals surface area contributed by atoms with Gasteiger partial charge >= 0.3 is 0 Å². The smallest absolute Gasteiger partial charge is 0.273 e. The molecular formula is C25H29N3O2. The quantitative estimate of drug-likeness (QED) is 0.617. The number of benzene rings is 2. The number of carbonyl (C=O) groups excluding carboxylic acids is 1. The first kappa shape index (κ1) is 20.4. The van der Waals surface area contributed by atoms with E-state index < -0.39 is 0 Å². The summed E-state index contributed by atoms with van der Waals surface area (Å²) < 4.78 is 5.41. The highest BCUT2D eigenvalue weighted by atomic mass is 16.5. The van der Waals surface area contributed by atoms with Crippen molar-refractivity contribution in [3.63, 3.8) is 0 Å². The van der Waals surface area contributed by atoms with Crippen molar-refractivity contribution in [1.29, 1.82) is 0 Å². The average molecular weight is 404 g/mol. The lowest BCUT2D eigenvalue weighted by molar-refractivity contribution is 0.0929. The van der Waals surface area contributed by atoms with Crippen molar-refractivity contribution in [3.8, 4) is 11.3 Å².